The van der Waals surface area contributed by atoms with Crippen molar-refractivity contribution in [2.75, 3.05) is 18.0 Å². The van der Waals surface area contributed by atoms with Crippen LogP contribution < -0.4 is 15.8 Å². The Kier molecular flexibility index (Phi) is 7.48. The highest BCUT2D eigenvalue weighted by molar-refractivity contribution is 7.90. The van der Waals surface area contributed by atoms with Gasteiger partial charge in [-0.25, -0.2) is 17.9 Å². The summed E-state index contributed by atoms with van der Waals surface area (Å²) in [6, 6.07) is 10.5. The minimum Gasteiger partial charge on any atom is -0.478 e. The number of nitrogens with one attached hydrogen (secondary N) is 2. The molecule has 0 bridgehead atoms. The Morgan fingerprint density at radius 1 is 0.925 bits per heavy atom. The van der Waals surface area contributed by atoms with Crippen LogP contribution in [0.2, 0.25) is 0 Å². The van der Waals surface area contributed by atoms with E-state index in [0.717, 1.165) is 6.07 Å². The van der Waals surface area contributed by atoms with Gasteiger partial charge in [0.25, 0.3) is 20.2 Å². The van der Waals surface area contributed by atoms with E-state index in [1.54, 1.807) is 0 Å². The Hall–Kier alpha value is -3.87. The van der Waals surface area contributed by atoms with E-state index in [0.29, 0.717) is 0 Å². The van der Waals surface area contributed by atoms with E-state index in [-0.39, 0.29) is 39.7 Å². The highest BCUT2D eigenvalue weighted by atomic mass is 32.2. The largest absolute Gasteiger partial charge is 0.478 e. The predicted molar refractivity (Wildman–Crippen MR) is 142 cm³/mol. The molecule has 1 heterocycles. The number of nitrogen functional groups attached to an aromatic ring is 1. The third kappa shape index (κ3) is 5.55. The Balaban J connectivity index is 2.14. The van der Waals surface area contributed by atoms with Crippen LogP contribution in [-0.4, -0.2) is 57.7 Å². The third-order valence-electron chi connectivity index (χ3n) is 5.82. The second-order valence-corrected chi connectivity index (χ2v) is 13.2. The molecule has 2 aliphatic rings. The molecular formula is C23H21N3O11S3. The first-order valence-corrected chi connectivity index (χ1v) is 15.7. The fourth-order valence-corrected chi connectivity index (χ4v) is 6.80. The number of hydrogen-bond acceptors (Lipinski definition) is 10. The van der Waals surface area contributed by atoms with E-state index in [1.807, 2.05) is 0 Å². The minimum absolute atomic E-state index is 0.00673. The molecule has 4 rings (SSSR count). The Labute approximate surface area is 227 Å². The molecule has 2 aromatic rings. The monoisotopic (exact) mass is 611 g/mol. The number of aromatic carboxylic acids is 1. The summed E-state index contributed by atoms with van der Waals surface area (Å²) < 4.78 is 99.9. The molecule has 0 fully saturated rings. The van der Waals surface area contributed by atoms with Crippen molar-refractivity contribution in [2.45, 2.75) is 16.2 Å². The zero-order chi connectivity index (χ0) is 29.6. The van der Waals surface area contributed by atoms with Gasteiger partial charge in [0.05, 0.1) is 22.4 Å². The number of anilines is 1. The van der Waals surface area contributed by atoms with Gasteiger partial charge < -0.3 is 15.3 Å². The molecule has 1 aliphatic heterocycles. The van der Waals surface area contributed by atoms with Crippen molar-refractivity contribution >= 4 is 52.9 Å². The first-order chi connectivity index (χ1) is 18.5. The normalized spacial score (nSPS) is 12.7. The summed E-state index contributed by atoms with van der Waals surface area (Å²) in [5, 5.41) is 17.2. The Bertz CT molecular complexity index is 2040. The van der Waals surface area contributed by atoms with Crippen molar-refractivity contribution in [3.63, 3.8) is 0 Å². The Morgan fingerprint density at radius 2 is 1.60 bits per heavy atom. The van der Waals surface area contributed by atoms with E-state index in [4.69, 9.17) is 20.1 Å². The van der Waals surface area contributed by atoms with Crippen LogP contribution in [0, 0.1) is 5.41 Å². The summed E-state index contributed by atoms with van der Waals surface area (Å²) in [5.74, 6) is -2.73. The summed E-state index contributed by atoms with van der Waals surface area (Å²) in [6.45, 7) is -0.451. The van der Waals surface area contributed by atoms with Gasteiger partial charge >= 0.3 is 5.97 Å². The number of nitrogens with two attached hydrogens (primary N) is 1. The van der Waals surface area contributed by atoms with Gasteiger partial charge in [0, 0.05) is 23.1 Å². The van der Waals surface area contributed by atoms with Crippen molar-refractivity contribution < 1.29 is 48.7 Å². The molecule has 0 radical (unpaired) electrons. The first kappa shape index (κ1) is 29.1. The van der Waals surface area contributed by atoms with Crippen molar-refractivity contribution in [1.82, 2.24) is 4.72 Å². The first-order valence-electron chi connectivity index (χ1n) is 11.1. The average molecular weight is 612 g/mol. The summed E-state index contributed by atoms with van der Waals surface area (Å²) in [5.41, 5.74) is 4.86. The zero-order valence-corrected chi connectivity index (χ0v) is 22.6. The maximum absolute atomic E-state index is 13.3. The average Bonchev–Trinajstić information content (AvgIpc) is 2.83. The van der Waals surface area contributed by atoms with Gasteiger partial charge in [0.1, 0.15) is 4.90 Å². The summed E-state index contributed by atoms with van der Waals surface area (Å²) >= 11 is 0. The van der Waals surface area contributed by atoms with Crippen LogP contribution in [0.5, 0.6) is 0 Å². The number of sulfonamides is 1. The molecule has 0 amide bonds. The number of hydrogen-bond donors (Lipinski definition) is 6. The molecule has 0 spiro atoms. The molecule has 7 N–H and O–H groups in total. The molecule has 14 nitrogen and oxygen atoms in total. The van der Waals surface area contributed by atoms with Crippen LogP contribution in [0.15, 0.2) is 62.7 Å². The molecule has 0 atom stereocenters. The molecule has 40 heavy (non-hydrogen) atoms. The molecule has 0 aromatic heterocycles. The highest BCUT2D eigenvalue weighted by Gasteiger charge is 2.32. The maximum atomic E-state index is 13.3. The van der Waals surface area contributed by atoms with Crippen molar-refractivity contribution in [1.29, 1.82) is 5.41 Å². The topological polar surface area (TPSA) is 255 Å². The lowest BCUT2D eigenvalue weighted by atomic mass is 9.90. The predicted octanol–water partition coefficient (Wildman–Crippen LogP) is 1.77. The number of benzene rings is 3. The highest BCUT2D eigenvalue weighted by Crippen LogP contribution is 2.45. The maximum Gasteiger partial charge on any atom is 0.336 e. The van der Waals surface area contributed by atoms with Crippen LogP contribution in [0.4, 0.5) is 5.69 Å². The van der Waals surface area contributed by atoms with Gasteiger partial charge in [-0.3, -0.25) is 14.5 Å². The van der Waals surface area contributed by atoms with Crippen LogP contribution in [0.25, 0.3) is 33.4 Å². The third-order valence-corrected chi connectivity index (χ3v) is 9.09. The van der Waals surface area contributed by atoms with E-state index in [2.05, 4.69) is 4.72 Å². The standard InChI is InChI=1S/C23H21N3O11S3/c24-16-8-6-14-18(12-4-1-2-5-13(12)23(27)28)15-7-9-17(25)22(40(34,35)36)20(15)37-19(14)21(16)39(32,33)26-10-3-11-38(29,30)31/h1-2,4-9,25-26H,3,10-11,24H2,(H,27,28)(H,29,30,31)(H,34,35,36). The molecule has 212 valence electrons. The summed E-state index contributed by atoms with van der Waals surface area (Å²) in [4.78, 5) is 10.4. The lowest BCUT2D eigenvalue weighted by Crippen LogP contribution is -2.27. The van der Waals surface area contributed by atoms with Crippen molar-refractivity contribution in [3.05, 3.63) is 59.5 Å². The lowest BCUT2D eigenvalue weighted by Gasteiger charge is -2.20. The number of carboxylic acid groups (broad SMARTS) is 1. The molecule has 1 aliphatic carbocycles. The van der Waals surface area contributed by atoms with Gasteiger partial charge in [-0.2, -0.15) is 16.8 Å². The van der Waals surface area contributed by atoms with Crippen LogP contribution in [-0.2, 0) is 30.3 Å². The quantitative estimate of drug-likeness (QED) is 0.0685. The van der Waals surface area contributed by atoms with E-state index in [1.165, 1.54) is 42.5 Å². The Morgan fingerprint density at radius 3 is 2.23 bits per heavy atom. The minimum atomic E-state index is -5.12. The fraction of sp³-hybridized carbons (Fsp3) is 0.130. The van der Waals surface area contributed by atoms with Gasteiger partial charge in [0.2, 0.25) is 10.0 Å². The summed E-state index contributed by atoms with van der Waals surface area (Å²) in [7, 11) is -14.1. The van der Waals surface area contributed by atoms with Gasteiger partial charge in [-0.1, -0.05) is 18.2 Å². The van der Waals surface area contributed by atoms with E-state index >= 15 is 0 Å². The van der Waals surface area contributed by atoms with Gasteiger partial charge in [-0.05, 0) is 42.3 Å². The zero-order valence-electron chi connectivity index (χ0n) is 20.1. The van der Waals surface area contributed by atoms with Crippen LogP contribution in [0.1, 0.15) is 16.8 Å². The lowest BCUT2D eigenvalue weighted by molar-refractivity contribution is 0.0697. The van der Waals surface area contributed by atoms with Gasteiger partial charge in [0.15, 0.2) is 16.2 Å². The molecule has 17 heteroatoms. The second-order valence-electron chi connectivity index (χ2n) is 8.52. The number of rotatable bonds is 9. The van der Waals surface area contributed by atoms with E-state index < -0.39 is 75.0 Å². The summed E-state index contributed by atoms with van der Waals surface area (Å²) in [6.07, 6.45) is -0.310. The van der Waals surface area contributed by atoms with Gasteiger partial charge in [-0.15, -0.1) is 0 Å². The molecule has 0 saturated heterocycles. The number of fused-ring (bicyclic) bond motifs is 2. The number of carboxylic acids is 1. The molecular weight excluding hydrogens is 590 g/mol. The SMILES string of the molecule is N=c1ccc2c(-c3ccccc3C(=O)O)c3ccc(N)c(S(=O)(=O)NCCCS(=O)(=O)O)c3oc-2c1S(=O)(=O)O. The van der Waals surface area contributed by atoms with Crippen molar-refractivity contribution in [2.24, 2.45) is 0 Å². The fourth-order valence-electron chi connectivity index (χ4n) is 4.23. The molecule has 0 unspecified atom stereocenters. The second kappa shape index (κ2) is 10.3. The molecule has 0 saturated carbocycles. The number of carbonyl (C=O) groups is 1. The van der Waals surface area contributed by atoms with Crippen LogP contribution in [0.3, 0.4) is 0 Å². The van der Waals surface area contributed by atoms with Crippen molar-refractivity contribution in [3.8, 4) is 22.5 Å². The smallest absolute Gasteiger partial charge is 0.336 e. The van der Waals surface area contributed by atoms with E-state index in [9.17, 15) is 39.7 Å². The van der Waals surface area contributed by atoms with Crippen LogP contribution >= 0.6 is 0 Å². The molecule has 2 aromatic carbocycles.